The summed E-state index contributed by atoms with van der Waals surface area (Å²) in [5.41, 5.74) is 0. The summed E-state index contributed by atoms with van der Waals surface area (Å²) in [6, 6.07) is 2.21. The molecule has 0 atom stereocenters. The molecule has 0 aromatic carbocycles. The van der Waals surface area contributed by atoms with E-state index in [0.717, 1.165) is 6.54 Å². The first-order chi connectivity index (χ1) is 5.83. The van der Waals surface area contributed by atoms with E-state index in [2.05, 4.69) is 32.7 Å². The van der Waals surface area contributed by atoms with Crippen LogP contribution in [0, 0.1) is 0 Å². The van der Waals surface area contributed by atoms with E-state index in [1.54, 1.807) is 0 Å². The van der Waals surface area contributed by atoms with Crippen molar-refractivity contribution in [3.8, 4) is 0 Å². The number of halogens is 1. The van der Waals surface area contributed by atoms with Gasteiger partial charge >= 0.3 is 0 Å². The Morgan fingerprint density at radius 3 is 2.92 bits per heavy atom. The Morgan fingerprint density at radius 1 is 1.50 bits per heavy atom. The molecule has 0 spiro atoms. The van der Waals surface area contributed by atoms with Crippen molar-refractivity contribution in [1.82, 2.24) is 5.32 Å². The van der Waals surface area contributed by atoms with E-state index in [1.807, 2.05) is 18.4 Å². The fourth-order valence-electron chi connectivity index (χ4n) is 1.09. The molecule has 1 N–H and O–H groups in total. The van der Waals surface area contributed by atoms with Gasteiger partial charge in [-0.2, -0.15) is 0 Å². The molecule has 1 nitrogen and oxygen atoms in total. The zero-order valence-corrected chi connectivity index (χ0v) is 9.67. The highest BCUT2D eigenvalue weighted by Gasteiger charge is 1.96. The predicted octanol–water partition coefficient (Wildman–Crippen LogP) is 3.05. The van der Waals surface area contributed by atoms with Gasteiger partial charge in [0.1, 0.15) is 0 Å². The molecule has 1 aromatic rings. The minimum Gasteiger partial charge on any atom is -0.320 e. The lowest BCUT2D eigenvalue weighted by Crippen LogP contribution is -2.07. The monoisotopic (exact) mass is 247 g/mol. The van der Waals surface area contributed by atoms with Crippen LogP contribution in [-0.2, 0) is 6.42 Å². The van der Waals surface area contributed by atoms with Gasteiger partial charge in [-0.25, -0.2) is 0 Å². The maximum absolute atomic E-state index is 3.45. The van der Waals surface area contributed by atoms with Crippen LogP contribution in [0.15, 0.2) is 15.9 Å². The highest BCUT2D eigenvalue weighted by Crippen LogP contribution is 2.21. The number of rotatable bonds is 5. The Balaban J connectivity index is 2.15. The quantitative estimate of drug-likeness (QED) is 0.790. The molecule has 0 fully saturated rings. The van der Waals surface area contributed by atoms with Crippen LogP contribution in [0.5, 0.6) is 0 Å². The van der Waals surface area contributed by atoms with Gasteiger partial charge in [0.05, 0.1) is 0 Å². The lowest BCUT2D eigenvalue weighted by atomic mass is 10.2. The lowest BCUT2D eigenvalue weighted by molar-refractivity contribution is 0.680. The summed E-state index contributed by atoms with van der Waals surface area (Å²) in [7, 11) is 2.00. The van der Waals surface area contributed by atoms with E-state index in [-0.39, 0.29) is 0 Å². The number of aryl methyl sites for hydroxylation is 1. The first-order valence-electron chi connectivity index (χ1n) is 4.20. The van der Waals surface area contributed by atoms with E-state index in [4.69, 9.17) is 0 Å². The summed E-state index contributed by atoms with van der Waals surface area (Å²) in [5.74, 6) is 0. The van der Waals surface area contributed by atoms with Crippen molar-refractivity contribution in [2.24, 2.45) is 0 Å². The van der Waals surface area contributed by atoms with E-state index < -0.39 is 0 Å². The normalized spacial score (nSPS) is 10.5. The number of thiophene rings is 1. The van der Waals surface area contributed by atoms with E-state index >= 15 is 0 Å². The number of unbranched alkanes of at least 4 members (excludes halogenated alkanes) is 1. The minimum atomic E-state index is 1.13. The SMILES string of the molecule is CNCCCCc1cc(Br)cs1. The lowest BCUT2D eigenvalue weighted by Gasteiger charge is -1.97. The van der Waals surface area contributed by atoms with Crippen LogP contribution < -0.4 is 5.32 Å². The zero-order chi connectivity index (χ0) is 8.81. The molecule has 1 rings (SSSR count). The molecule has 0 aliphatic carbocycles. The molecular formula is C9H14BrNS. The summed E-state index contributed by atoms with van der Waals surface area (Å²) in [4.78, 5) is 1.48. The van der Waals surface area contributed by atoms with Crippen molar-refractivity contribution in [3.63, 3.8) is 0 Å². The van der Waals surface area contributed by atoms with Crippen LogP contribution in [-0.4, -0.2) is 13.6 Å². The molecule has 1 heterocycles. The third-order valence-corrected chi connectivity index (χ3v) is 3.48. The summed E-state index contributed by atoms with van der Waals surface area (Å²) in [6.07, 6.45) is 3.78. The Labute approximate surface area is 86.3 Å². The maximum atomic E-state index is 3.45. The van der Waals surface area contributed by atoms with Gasteiger partial charge in [-0.3, -0.25) is 0 Å². The molecular weight excluding hydrogens is 234 g/mol. The van der Waals surface area contributed by atoms with E-state index in [9.17, 15) is 0 Å². The average molecular weight is 248 g/mol. The second-order valence-electron chi connectivity index (χ2n) is 2.79. The Morgan fingerprint density at radius 2 is 2.33 bits per heavy atom. The van der Waals surface area contributed by atoms with Crippen molar-refractivity contribution in [2.75, 3.05) is 13.6 Å². The molecule has 0 radical (unpaired) electrons. The molecule has 1 aromatic heterocycles. The van der Waals surface area contributed by atoms with Crippen molar-refractivity contribution in [1.29, 1.82) is 0 Å². The van der Waals surface area contributed by atoms with Crippen molar-refractivity contribution < 1.29 is 0 Å². The van der Waals surface area contributed by atoms with Crippen LogP contribution in [0.25, 0.3) is 0 Å². The van der Waals surface area contributed by atoms with Crippen molar-refractivity contribution >= 4 is 27.3 Å². The van der Waals surface area contributed by atoms with Gasteiger partial charge in [-0.1, -0.05) is 0 Å². The largest absolute Gasteiger partial charge is 0.320 e. The fourth-order valence-corrected chi connectivity index (χ4v) is 2.58. The van der Waals surface area contributed by atoms with Gasteiger partial charge in [-0.15, -0.1) is 11.3 Å². The van der Waals surface area contributed by atoms with Crippen LogP contribution in [0.3, 0.4) is 0 Å². The minimum absolute atomic E-state index is 1.13. The summed E-state index contributed by atoms with van der Waals surface area (Å²) < 4.78 is 1.22. The van der Waals surface area contributed by atoms with Crippen LogP contribution in [0.1, 0.15) is 17.7 Å². The van der Waals surface area contributed by atoms with Crippen LogP contribution in [0.2, 0.25) is 0 Å². The Bertz CT molecular complexity index is 222. The molecule has 0 bridgehead atoms. The van der Waals surface area contributed by atoms with Crippen LogP contribution >= 0.6 is 27.3 Å². The van der Waals surface area contributed by atoms with Gasteiger partial charge in [0.2, 0.25) is 0 Å². The topological polar surface area (TPSA) is 12.0 Å². The molecule has 12 heavy (non-hydrogen) atoms. The molecule has 0 aliphatic heterocycles. The van der Waals surface area contributed by atoms with Crippen molar-refractivity contribution in [3.05, 3.63) is 20.8 Å². The molecule has 0 amide bonds. The number of nitrogens with one attached hydrogen (secondary N) is 1. The standard InChI is InChI=1S/C9H14BrNS/c1-11-5-3-2-4-9-6-8(10)7-12-9/h6-7,11H,2-5H2,1H3. The fraction of sp³-hybridized carbons (Fsp3) is 0.556. The molecule has 68 valence electrons. The number of hydrogen-bond donors (Lipinski definition) is 1. The molecule has 3 heteroatoms. The average Bonchev–Trinajstić information content (AvgIpc) is 2.45. The second-order valence-corrected chi connectivity index (χ2v) is 4.70. The molecule has 0 aliphatic rings. The molecule has 0 unspecified atom stereocenters. The van der Waals surface area contributed by atoms with Gasteiger partial charge in [0, 0.05) is 14.7 Å². The maximum Gasteiger partial charge on any atom is 0.0285 e. The zero-order valence-electron chi connectivity index (χ0n) is 7.27. The third-order valence-electron chi connectivity index (χ3n) is 1.72. The molecule has 0 saturated carbocycles. The van der Waals surface area contributed by atoms with Gasteiger partial charge in [0.15, 0.2) is 0 Å². The highest BCUT2D eigenvalue weighted by molar-refractivity contribution is 9.10. The Kier molecular flexibility index (Phi) is 4.88. The Hall–Kier alpha value is 0.140. The van der Waals surface area contributed by atoms with Crippen molar-refractivity contribution in [2.45, 2.75) is 19.3 Å². The smallest absolute Gasteiger partial charge is 0.0285 e. The van der Waals surface area contributed by atoms with E-state index in [1.165, 1.54) is 28.6 Å². The van der Waals surface area contributed by atoms with Crippen LogP contribution in [0.4, 0.5) is 0 Å². The summed E-state index contributed by atoms with van der Waals surface area (Å²) >= 11 is 5.29. The van der Waals surface area contributed by atoms with Gasteiger partial charge < -0.3 is 5.32 Å². The van der Waals surface area contributed by atoms with E-state index in [0.29, 0.717) is 0 Å². The van der Waals surface area contributed by atoms with Gasteiger partial charge in [-0.05, 0) is 54.9 Å². The summed E-state index contributed by atoms with van der Waals surface area (Å²) in [6.45, 7) is 1.13. The second kappa shape index (κ2) is 5.73. The molecule has 0 saturated heterocycles. The first kappa shape index (κ1) is 10.2. The highest BCUT2D eigenvalue weighted by atomic mass is 79.9. The number of hydrogen-bond acceptors (Lipinski definition) is 2. The summed E-state index contributed by atoms with van der Waals surface area (Å²) in [5, 5.41) is 5.30. The first-order valence-corrected chi connectivity index (χ1v) is 5.87. The third kappa shape index (κ3) is 3.70. The van der Waals surface area contributed by atoms with Gasteiger partial charge in [0.25, 0.3) is 0 Å². The predicted molar refractivity (Wildman–Crippen MR) is 58.9 cm³/mol.